The third kappa shape index (κ3) is 4.37. The van der Waals surface area contributed by atoms with Gasteiger partial charge in [-0.05, 0) is 33.1 Å². The van der Waals surface area contributed by atoms with Gasteiger partial charge in [0.2, 0.25) is 0 Å². The summed E-state index contributed by atoms with van der Waals surface area (Å²) in [5, 5.41) is 3.37. The molecule has 0 aliphatic rings. The summed E-state index contributed by atoms with van der Waals surface area (Å²) < 4.78 is 0. The summed E-state index contributed by atoms with van der Waals surface area (Å²) in [7, 11) is 0. The summed E-state index contributed by atoms with van der Waals surface area (Å²) in [6.07, 6.45) is 2.76. The zero-order valence-corrected chi connectivity index (χ0v) is 13.2. The molecule has 19 heavy (non-hydrogen) atoms. The van der Waals surface area contributed by atoms with E-state index < -0.39 is 0 Å². The number of nitrogens with one attached hydrogen (secondary N) is 1. The number of nitrogens with zero attached hydrogens (tertiary/aromatic N) is 3. The Kier molecular flexibility index (Phi) is 6.06. The Bertz CT molecular complexity index is 388. The second-order valence-electron chi connectivity index (χ2n) is 5.74. The standard InChI is InChI=1S/C15H28N4/c1-7-8-16-14-13(6)15(18-10-17-14)19(12(4)5)9-11(2)3/h10-12H,7-9H2,1-6H3,(H,16,17,18). The zero-order valence-electron chi connectivity index (χ0n) is 13.2. The summed E-state index contributed by atoms with van der Waals surface area (Å²) in [6, 6.07) is 0.440. The average molecular weight is 264 g/mol. The first-order valence-electron chi connectivity index (χ1n) is 7.29. The van der Waals surface area contributed by atoms with E-state index in [1.807, 2.05) is 0 Å². The third-order valence-corrected chi connectivity index (χ3v) is 3.06. The van der Waals surface area contributed by atoms with Crippen molar-refractivity contribution in [3.8, 4) is 0 Å². The van der Waals surface area contributed by atoms with E-state index in [1.54, 1.807) is 6.33 Å². The first-order chi connectivity index (χ1) is 8.97. The van der Waals surface area contributed by atoms with E-state index in [-0.39, 0.29) is 0 Å². The first-order valence-corrected chi connectivity index (χ1v) is 7.29. The molecule has 0 spiro atoms. The molecule has 0 amide bonds. The minimum Gasteiger partial charge on any atom is -0.370 e. The Hall–Kier alpha value is -1.32. The summed E-state index contributed by atoms with van der Waals surface area (Å²) in [4.78, 5) is 11.2. The van der Waals surface area contributed by atoms with Crippen molar-refractivity contribution in [2.75, 3.05) is 23.3 Å². The van der Waals surface area contributed by atoms with Crippen LogP contribution in [0.5, 0.6) is 0 Å². The van der Waals surface area contributed by atoms with Crippen molar-refractivity contribution in [1.29, 1.82) is 0 Å². The van der Waals surface area contributed by atoms with Crippen LogP contribution in [0.15, 0.2) is 6.33 Å². The molecular weight excluding hydrogens is 236 g/mol. The molecule has 108 valence electrons. The van der Waals surface area contributed by atoms with E-state index in [2.05, 4.69) is 61.7 Å². The van der Waals surface area contributed by atoms with Gasteiger partial charge in [0, 0.05) is 24.7 Å². The molecule has 1 aromatic rings. The molecule has 1 N–H and O–H groups in total. The predicted octanol–water partition coefficient (Wildman–Crippen LogP) is 3.48. The van der Waals surface area contributed by atoms with Crippen LogP contribution in [0, 0.1) is 12.8 Å². The third-order valence-electron chi connectivity index (χ3n) is 3.06. The van der Waals surface area contributed by atoms with Crippen molar-refractivity contribution >= 4 is 11.6 Å². The molecule has 0 radical (unpaired) electrons. The number of hydrogen-bond donors (Lipinski definition) is 1. The zero-order chi connectivity index (χ0) is 14.4. The Morgan fingerprint density at radius 1 is 1.21 bits per heavy atom. The van der Waals surface area contributed by atoms with Gasteiger partial charge in [-0.2, -0.15) is 0 Å². The van der Waals surface area contributed by atoms with Crippen LogP contribution in [0.3, 0.4) is 0 Å². The largest absolute Gasteiger partial charge is 0.370 e. The Morgan fingerprint density at radius 2 is 1.89 bits per heavy atom. The maximum atomic E-state index is 4.50. The Morgan fingerprint density at radius 3 is 2.42 bits per heavy atom. The fraction of sp³-hybridized carbons (Fsp3) is 0.733. The van der Waals surface area contributed by atoms with Crippen LogP contribution in [0.25, 0.3) is 0 Å². The van der Waals surface area contributed by atoms with E-state index in [4.69, 9.17) is 0 Å². The van der Waals surface area contributed by atoms with E-state index in [0.29, 0.717) is 12.0 Å². The molecule has 0 bridgehead atoms. The molecule has 0 aliphatic heterocycles. The van der Waals surface area contributed by atoms with E-state index in [9.17, 15) is 0 Å². The lowest BCUT2D eigenvalue weighted by Crippen LogP contribution is -2.35. The molecule has 1 rings (SSSR count). The van der Waals surface area contributed by atoms with Gasteiger partial charge in [-0.1, -0.05) is 20.8 Å². The fourth-order valence-corrected chi connectivity index (χ4v) is 2.09. The minimum absolute atomic E-state index is 0.440. The van der Waals surface area contributed by atoms with Crippen molar-refractivity contribution in [3.63, 3.8) is 0 Å². The lowest BCUT2D eigenvalue weighted by Gasteiger charge is -2.31. The van der Waals surface area contributed by atoms with Gasteiger partial charge < -0.3 is 10.2 Å². The molecule has 0 atom stereocenters. The molecule has 4 nitrogen and oxygen atoms in total. The Balaban J connectivity index is 3.02. The summed E-state index contributed by atoms with van der Waals surface area (Å²) in [5.74, 6) is 2.63. The molecule has 0 saturated heterocycles. The quantitative estimate of drug-likeness (QED) is 0.818. The second kappa shape index (κ2) is 7.31. The molecule has 1 aromatic heterocycles. The normalized spacial score (nSPS) is 11.2. The highest BCUT2D eigenvalue weighted by atomic mass is 15.2. The highest BCUT2D eigenvalue weighted by Gasteiger charge is 2.17. The monoisotopic (exact) mass is 264 g/mol. The molecular formula is C15H28N4. The molecule has 0 unspecified atom stereocenters. The topological polar surface area (TPSA) is 41.1 Å². The van der Waals surface area contributed by atoms with Crippen molar-refractivity contribution < 1.29 is 0 Å². The van der Waals surface area contributed by atoms with Gasteiger partial charge in [-0.3, -0.25) is 0 Å². The van der Waals surface area contributed by atoms with Crippen LogP contribution in [0.1, 0.15) is 46.6 Å². The van der Waals surface area contributed by atoms with Crippen LogP contribution in [-0.2, 0) is 0 Å². The van der Waals surface area contributed by atoms with E-state index >= 15 is 0 Å². The maximum absolute atomic E-state index is 4.50. The van der Waals surface area contributed by atoms with E-state index in [1.165, 1.54) is 0 Å². The number of aromatic nitrogens is 2. The molecule has 0 aromatic carbocycles. The van der Waals surface area contributed by atoms with Crippen molar-refractivity contribution in [1.82, 2.24) is 9.97 Å². The van der Waals surface area contributed by atoms with Crippen molar-refractivity contribution in [2.45, 2.75) is 54.0 Å². The van der Waals surface area contributed by atoms with Gasteiger partial charge in [0.1, 0.15) is 18.0 Å². The van der Waals surface area contributed by atoms with Crippen LogP contribution in [-0.4, -0.2) is 29.1 Å². The fourth-order valence-electron chi connectivity index (χ4n) is 2.09. The van der Waals surface area contributed by atoms with E-state index in [0.717, 1.165) is 36.7 Å². The van der Waals surface area contributed by atoms with Crippen molar-refractivity contribution in [3.05, 3.63) is 11.9 Å². The smallest absolute Gasteiger partial charge is 0.137 e. The summed E-state index contributed by atoms with van der Waals surface area (Å²) in [6.45, 7) is 15.1. The molecule has 0 saturated carbocycles. The highest BCUT2D eigenvalue weighted by Crippen LogP contribution is 2.24. The van der Waals surface area contributed by atoms with Crippen LogP contribution >= 0.6 is 0 Å². The van der Waals surface area contributed by atoms with Gasteiger partial charge in [-0.15, -0.1) is 0 Å². The predicted molar refractivity (Wildman–Crippen MR) is 82.9 cm³/mol. The molecule has 0 aliphatic carbocycles. The SMILES string of the molecule is CCCNc1ncnc(N(CC(C)C)C(C)C)c1C. The van der Waals surface area contributed by atoms with Gasteiger partial charge in [0.15, 0.2) is 0 Å². The van der Waals surface area contributed by atoms with Crippen LogP contribution in [0.4, 0.5) is 11.6 Å². The van der Waals surface area contributed by atoms with Crippen LogP contribution < -0.4 is 10.2 Å². The van der Waals surface area contributed by atoms with Crippen LogP contribution in [0.2, 0.25) is 0 Å². The first kappa shape index (κ1) is 15.7. The van der Waals surface area contributed by atoms with Crippen molar-refractivity contribution in [2.24, 2.45) is 5.92 Å². The van der Waals surface area contributed by atoms with Gasteiger partial charge >= 0.3 is 0 Å². The molecule has 4 heteroatoms. The number of hydrogen-bond acceptors (Lipinski definition) is 4. The summed E-state index contributed by atoms with van der Waals surface area (Å²) in [5.41, 5.74) is 1.14. The second-order valence-corrected chi connectivity index (χ2v) is 5.74. The van der Waals surface area contributed by atoms with Gasteiger partial charge in [0.05, 0.1) is 0 Å². The lowest BCUT2D eigenvalue weighted by molar-refractivity contribution is 0.564. The number of rotatable bonds is 7. The highest BCUT2D eigenvalue weighted by molar-refractivity contribution is 5.58. The Labute approximate surface area is 117 Å². The average Bonchev–Trinajstić information content (AvgIpc) is 2.34. The molecule has 0 fully saturated rings. The lowest BCUT2D eigenvalue weighted by atomic mass is 10.1. The van der Waals surface area contributed by atoms with Gasteiger partial charge in [-0.25, -0.2) is 9.97 Å². The maximum Gasteiger partial charge on any atom is 0.137 e. The molecule has 1 heterocycles. The minimum atomic E-state index is 0.440. The summed E-state index contributed by atoms with van der Waals surface area (Å²) >= 11 is 0. The van der Waals surface area contributed by atoms with Gasteiger partial charge in [0.25, 0.3) is 0 Å². The number of anilines is 2.